The monoisotopic (exact) mass is 265 g/mol. The van der Waals surface area contributed by atoms with Gasteiger partial charge in [0.25, 0.3) is 0 Å². The highest BCUT2D eigenvalue weighted by Gasteiger charge is 2.37. The van der Waals surface area contributed by atoms with Gasteiger partial charge < -0.3 is 5.32 Å². The van der Waals surface area contributed by atoms with E-state index < -0.39 is 0 Å². The standard InChI is InChI=1S/C16H27NS/c1-13-7-9-16(10-8-13,12-17-15(2,3)4)14-6-5-11-18-14/h5-6,11,13,17H,7-10,12H2,1-4H3. The fraction of sp³-hybridized carbons (Fsp3) is 0.750. The summed E-state index contributed by atoms with van der Waals surface area (Å²) in [6, 6.07) is 4.54. The minimum absolute atomic E-state index is 0.216. The van der Waals surface area contributed by atoms with Crippen molar-refractivity contribution in [2.75, 3.05) is 6.54 Å². The first-order chi connectivity index (χ1) is 8.41. The first kappa shape index (κ1) is 14.1. The zero-order valence-electron chi connectivity index (χ0n) is 12.3. The molecular weight excluding hydrogens is 238 g/mol. The van der Waals surface area contributed by atoms with E-state index in [4.69, 9.17) is 0 Å². The first-order valence-corrected chi connectivity index (χ1v) is 8.08. The van der Waals surface area contributed by atoms with Gasteiger partial charge >= 0.3 is 0 Å². The average molecular weight is 265 g/mol. The minimum atomic E-state index is 0.216. The van der Waals surface area contributed by atoms with E-state index in [2.05, 4.69) is 50.5 Å². The molecule has 1 aromatic rings. The molecule has 1 saturated carbocycles. The quantitative estimate of drug-likeness (QED) is 0.843. The Hall–Kier alpha value is -0.340. The second-order valence-electron chi connectivity index (χ2n) is 7.04. The maximum absolute atomic E-state index is 3.74. The predicted octanol–water partition coefficient (Wildman–Crippen LogP) is 4.58. The molecule has 0 atom stereocenters. The highest BCUT2D eigenvalue weighted by Crippen LogP contribution is 2.43. The summed E-state index contributed by atoms with van der Waals surface area (Å²) in [5.41, 5.74) is 0.612. The molecule has 2 rings (SSSR count). The van der Waals surface area contributed by atoms with Crippen LogP contribution >= 0.6 is 11.3 Å². The summed E-state index contributed by atoms with van der Waals surface area (Å²) < 4.78 is 0. The number of hydrogen-bond acceptors (Lipinski definition) is 2. The molecule has 1 aliphatic carbocycles. The van der Waals surface area contributed by atoms with Crippen LogP contribution in [0, 0.1) is 5.92 Å². The maximum Gasteiger partial charge on any atom is 0.0172 e. The second-order valence-corrected chi connectivity index (χ2v) is 7.99. The van der Waals surface area contributed by atoms with Crippen molar-refractivity contribution < 1.29 is 0 Å². The van der Waals surface area contributed by atoms with Crippen LogP contribution in [0.1, 0.15) is 58.3 Å². The Bertz CT molecular complexity index is 353. The fourth-order valence-electron chi connectivity index (χ4n) is 2.84. The van der Waals surface area contributed by atoms with Crippen molar-refractivity contribution in [2.45, 2.75) is 64.3 Å². The Balaban J connectivity index is 2.13. The summed E-state index contributed by atoms with van der Waals surface area (Å²) in [5, 5.41) is 5.97. The lowest BCUT2D eigenvalue weighted by atomic mass is 9.69. The van der Waals surface area contributed by atoms with Gasteiger partial charge in [0.05, 0.1) is 0 Å². The molecule has 1 aromatic heterocycles. The Labute approximate surface area is 116 Å². The molecule has 0 saturated heterocycles. The van der Waals surface area contributed by atoms with E-state index in [-0.39, 0.29) is 5.54 Å². The van der Waals surface area contributed by atoms with Crippen molar-refractivity contribution >= 4 is 11.3 Å². The summed E-state index contributed by atoms with van der Waals surface area (Å²) in [7, 11) is 0. The number of hydrogen-bond donors (Lipinski definition) is 1. The van der Waals surface area contributed by atoms with Gasteiger partial charge in [-0.25, -0.2) is 0 Å². The molecule has 0 aromatic carbocycles. The van der Waals surface area contributed by atoms with Crippen molar-refractivity contribution in [1.82, 2.24) is 5.32 Å². The molecule has 1 N–H and O–H groups in total. The lowest BCUT2D eigenvalue weighted by Crippen LogP contribution is -2.47. The summed E-state index contributed by atoms with van der Waals surface area (Å²) in [6.45, 7) is 10.3. The topological polar surface area (TPSA) is 12.0 Å². The zero-order valence-corrected chi connectivity index (χ0v) is 13.1. The molecule has 102 valence electrons. The highest BCUT2D eigenvalue weighted by atomic mass is 32.1. The van der Waals surface area contributed by atoms with Gasteiger partial charge in [-0.1, -0.05) is 13.0 Å². The molecule has 1 heterocycles. The van der Waals surface area contributed by atoms with Gasteiger partial charge in [-0.3, -0.25) is 0 Å². The van der Waals surface area contributed by atoms with E-state index in [1.54, 1.807) is 4.88 Å². The van der Waals surface area contributed by atoms with Crippen LogP contribution in [0.3, 0.4) is 0 Å². The molecule has 0 radical (unpaired) electrons. The third-order valence-corrected chi connectivity index (χ3v) is 5.35. The van der Waals surface area contributed by atoms with Crippen LogP contribution in [0.4, 0.5) is 0 Å². The van der Waals surface area contributed by atoms with Crippen LogP contribution in [0.15, 0.2) is 17.5 Å². The lowest BCUT2D eigenvalue weighted by Gasteiger charge is -2.41. The summed E-state index contributed by atoms with van der Waals surface area (Å²) in [5.74, 6) is 0.910. The highest BCUT2D eigenvalue weighted by molar-refractivity contribution is 7.10. The van der Waals surface area contributed by atoms with E-state index in [0.717, 1.165) is 12.5 Å². The number of rotatable bonds is 3. The third kappa shape index (κ3) is 3.36. The molecule has 0 aliphatic heterocycles. The minimum Gasteiger partial charge on any atom is -0.311 e. The zero-order chi connectivity index (χ0) is 13.2. The van der Waals surface area contributed by atoms with E-state index in [0.29, 0.717) is 5.41 Å². The lowest BCUT2D eigenvalue weighted by molar-refractivity contribution is 0.221. The van der Waals surface area contributed by atoms with E-state index in [1.807, 2.05) is 11.3 Å². The average Bonchev–Trinajstić information content (AvgIpc) is 2.82. The molecule has 2 heteroatoms. The van der Waals surface area contributed by atoms with Crippen LogP contribution in [-0.2, 0) is 5.41 Å². The van der Waals surface area contributed by atoms with Crippen LogP contribution in [0.2, 0.25) is 0 Å². The number of nitrogens with one attached hydrogen (secondary N) is 1. The van der Waals surface area contributed by atoms with Crippen LogP contribution in [0.5, 0.6) is 0 Å². The SMILES string of the molecule is CC1CCC(CNC(C)(C)C)(c2cccs2)CC1. The van der Waals surface area contributed by atoms with E-state index >= 15 is 0 Å². The third-order valence-electron chi connectivity index (χ3n) is 4.23. The van der Waals surface area contributed by atoms with Gasteiger partial charge in [0.2, 0.25) is 0 Å². The van der Waals surface area contributed by atoms with Crippen LogP contribution in [0.25, 0.3) is 0 Å². The Morgan fingerprint density at radius 3 is 2.50 bits per heavy atom. The molecule has 1 aliphatic rings. The Kier molecular flexibility index (Phi) is 4.18. The molecule has 18 heavy (non-hydrogen) atoms. The van der Waals surface area contributed by atoms with Crippen molar-refractivity contribution in [3.63, 3.8) is 0 Å². The van der Waals surface area contributed by atoms with Gasteiger partial charge in [0.1, 0.15) is 0 Å². The molecule has 0 spiro atoms. The Morgan fingerprint density at radius 2 is 2.00 bits per heavy atom. The maximum atomic E-state index is 3.74. The predicted molar refractivity (Wildman–Crippen MR) is 81.4 cm³/mol. The largest absolute Gasteiger partial charge is 0.311 e. The van der Waals surface area contributed by atoms with Gasteiger partial charge in [0, 0.05) is 22.4 Å². The number of thiophene rings is 1. The Morgan fingerprint density at radius 1 is 1.33 bits per heavy atom. The summed E-state index contributed by atoms with van der Waals surface area (Å²) >= 11 is 1.94. The van der Waals surface area contributed by atoms with E-state index in [9.17, 15) is 0 Å². The van der Waals surface area contributed by atoms with Gasteiger partial charge in [-0.2, -0.15) is 0 Å². The molecule has 1 nitrogen and oxygen atoms in total. The van der Waals surface area contributed by atoms with Crippen molar-refractivity contribution in [3.8, 4) is 0 Å². The molecular formula is C16H27NS. The van der Waals surface area contributed by atoms with E-state index in [1.165, 1.54) is 25.7 Å². The summed E-state index contributed by atoms with van der Waals surface area (Å²) in [6.07, 6.45) is 5.45. The molecule has 0 unspecified atom stereocenters. The normalized spacial score (nSPS) is 29.4. The van der Waals surface area contributed by atoms with Crippen LogP contribution < -0.4 is 5.32 Å². The van der Waals surface area contributed by atoms with Gasteiger partial charge in [0.15, 0.2) is 0 Å². The molecule has 0 bridgehead atoms. The van der Waals surface area contributed by atoms with Crippen molar-refractivity contribution in [3.05, 3.63) is 22.4 Å². The smallest absolute Gasteiger partial charge is 0.0172 e. The second kappa shape index (κ2) is 5.34. The first-order valence-electron chi connectivity index (χ1n) is 7.20. The van der Waals surface area contributed by atoms with Crippen molar-refractivity contribution in [1.29, 1.82) is 0 Å². The fourth-order valence-corrected chi connectivity index (χ4v) is 3.83. The van der Waals surface area contributed by atoms with Crippen LogP contribution in [-0.4, -0.2) is 12.1 Å². The molecule has 1 fully saturated rings. The molecule has 0 amide bonds. The van der Waals surface area contributed by atoms with Gasteiger partial charge in [-0.05, 0) is 63.8 Å². The summed E-state index contributed by atoms with van der Waals surface area (Å²) in [4.78, 5) is 1.59. The van der Waals surface area contributed by atoms with Crippen molar-refractivity contribution in [2.24, 2.45) is 5.92 Å². The van der Waals surface area contributed by atoms with Gasteiger partial charge in [-0.15, -0.1) is 11.3 Å².